The summed E-state index contributed by atoms with van der Waals surface area (Å²) in [5.41, 5.74) is 11.7. The zero-order valence-electron chi connectivity index (χ0n) is 27.9. The molecule has 5 amide bonds. The summed E-state index contributed by atoms with van der Waals surface area (Å²) in [6.45, 7) is 1.17. The number of anilines is 2. The van der Waals surface area contributed by atoms with Gasteiger partial charge in [-0.1, -0.05) is 18.2 Å². The van der Waals surface area contributed by atoms with Gasteiger partial charge in [-0.3, -0.25) is 24.0 Å². The largest absolute Gasteiger partial charge is 0.482 e. The minimum Gasteiger partial charge on any atom is -0.482 e. The molecule has 1 aliphatic heterocycles. The molecule has 0 spiro atoms. The minimum atomic E-state index is -0.657. The second-order valence-corrected chi connectivity index (χ2v) is 13.2. The van der Waals surface area contributed by atoms with Gasteiger partial charge >= 0.3 is 0 Å². The van der Waals surface area contributed by atoms with Crippen molar-refractivity contribution >= 4 is 52.2 Å². The zero-order valence-corrected chi connectivity index (χ0v) is 28.7. The van der Waals surface area contributed by atoms with E-state index in [4.69, 9.17) is 10.5 Å². The average molecular weight is 710 g/mol. The number of nitrogens with two attached hydrogens (primary N) is 1. The summed E-state index contributed by atoms with van der Waals surface area (Å²) in [7, 11) is 0. The zero-order chi connectivity index (χ0) is 35.7. The summed E-state index contributed by atoms with van der Waals surface area (Å²) in [5, 5.41) is 13.2. The molecule has 1 aromatic heterocycles. The molecule has 1 aliphatic carbocycles. The van der Waals surface area contributed by atoms with Crippen molar-refractivity contribution in [1.82, 2.24) is 20.5 Å². The van der Waals surface area contributed by atoms with Gasteiger partial charge in [0.25, 0.3) is 23.6 Å². The number of carbonyl (C=O) groups is 5. The van der Waals surface area contributed by atoms with Gasteiger partial charge in [-0.05, 0) is 79.8 Å². The van der Waals surface area contributed by atoms with Gasteiger partial charge in [0.1, 0.15) is 5.75 Å². The minimum absolute atomic E-state index is 0.0886. The molecule has 4 aromatic rings. The third-order valence-electron chi connectivity index (χ3n) is 8.50. The lowest BCUT2D eigenvalue weighted by molar-refractivity contribution is -0.122. The SMILES string of the molecule is NC(Cc1cscn1)C(=O)NCCCCNC(=O)c1cccc(NC(=O)c2ccc(CN(C(=O)c3ccc4c(c3)OCC(=O)N4)C3CC3)cc2)c1. The second-order valence-electron chi connectivity index (χ2n) is 12.5. The number of unbranched alkanes of at least 4 members (excludes halogenated alkanes) is 1. The van der Waals surface area contributed by atoms with Gasteiger partial charge in [0, 0.05) is 59.9 Å². The Bertz CT molecular complexity index is 1900. The molecule has 264 valence electrons. The van der Waals surface area contributed by atoms with E-state index < -0.39 is 6.04 Å². The lowest BCUT2D eigenvalue weighted by Gasteiger charge is -2.24. The fourth-order valence-electron chi connectivity index (χ4n) is 5.58. The first-order valence-corrected chi connectivity index (χ1v) is 17.7. The molecule has 2 heterocycles. The molecule has 0 bridgehead atoms. The van der Waals surface area contributed by atoms with Gasteiger partial charge < -0.3 is 36.6 Å². The van der Waals surface area contributed by atoms with Crippen LogP contribution in [0.2, 0.25) is 0 Å². The van der Waals surface area contributed by atoms with Crippen LogP contribution < -0.4 is 31.7 Å². The van der Waals surface area contributed by atoms with Crippen LogP contribution in [0.25, 0.3) is 0 Å². The smallest absolute Gasteiger partial charge is 0.262 e. The van der Waals surface area contributed by atoms with Crippen LogP contribution in [0, 0.1) is 0 Å². The summed E-state index contributed by atoms with van der Waals surface area (Å²) < 4.78 is 5.49. The number of hydrogen-bond donors (Lipinski definition) is 5. The maximum atomic E-state index is 13.5. The molecular formula is C37H39N7O6S. The monoisotopic (exact) mass is 709 g/mol. The molecule has 0 saturated heterocycles. The van der Waals surface area contributed by atoms with Crippen molar-refractivity contribution in [2.45, 2.75) is 50.7 Å². The molecule has 14 heteroatoms. The molecule has 1 atom stereocenters. The van der Waals surface area contributed by atoms with E-state index in [-0.39, 0.29) is 42.2 Å². The van der Waals surface area contributed by atoms with Gasteiger partial charge in [-0.15, -0.1) is 11.3 Å². The quantitative estimate of drug-likeness (QED) is 0.116. The highest BCUT2D eigenvalue weighted by Gasteiger charge is 2.33. The highest BCUT2D eigenvalue weighted by Crippen LogP contribution is 2.33. The lowest BCUT2D eigenvalue weighted by atomic mass is 10.1. The number of nitrogens with one attached hydrogen (secondary N) is 4. The van der Waals surface area contributed by atoms with Gasteiger partial charge in [0.2, 0.25) is 5.91 Å². The van der Waals surface area contributed by atoms with Crippen molar-refractivity contribution in [2.24, 2.45) is 5.73 Å². The first-order valence-electron chi connectivity index (χ1n) is 16.8. The number of carbonyl (C=O) groups excluding carboxylic acids is 5. The Hall–Kier alpha value is -5.60. The highest BCUT2D eigenvalue weighted by atomic mass is 32.1. The molecular weight excluding hydrogens is 671 g/mol. The number of ether oxygens (including phenoxy) is 1. The molecule has 1 fully saturated rings. The van der Waals surface area contributed by atoms with Gasteiger partial charge in [-0.25, -0.2) is 4.98 Å². The van der Waals surface area contributed by atoms with Crippen LogP contribution >= 0.6 is 11.3 Å². The van der Waals surface area contributed by atoms with Gasteiger partial charge in [0.15, 0.2) is 6.61 Å². The third-order valence-corrected chi connectivity index (χ3v) is 9.13. The highest BCUT2D eigenvalue weighted by molar-refractivity contribution is 7.07. The molecule has 51 heavy (non-hydrogen) atoms. The van der Waals surface area contributed by atoms with Crippen molar-refractivity contribution < 1.29 is 28.7 Å². The Morgan fingerprint density at radius 2 is 1.71 bits per heavy atom. The van der Waals surface area contributed by atoms with Crippen LogP contribution in [0.1, 0.15) is 68.0 Å². The number of amides is 5. The Balaban J connectivity index is 0.948. The normalized spacial score (nSPS) is 13.9. The van der Waals surface area contributed by atoms with Crippen molar-refractivity contribution in [3.05, 3.63) is 106 Å². The second kappa shape index (κ2) is 16.4. The fraction of sp³-hybridized carbons (Fsp3) is 0.297. The van der Waals surface area contributed by atoms with E-state index in [1.165, 1.54) is 11.3 Å². The predicted molar refractivity (Wildman–Crippen MR) is 193 cm³/mol. The topological polar surface area (TPSA) is 185 Å². The molecule has 13 nitrogen and oxygen atoms in total. The van der Waals surface area contributed by atoms with E-state index >= 15 is 0 Å². The number of thiazole rings is 1. The number of hydrogen-bond acceptors (Lipinski definition) is 9. The van der Waals surface area contributed by atoms with Crippen LogP contribution in [0.5, 0.6) is 5.75 Å². The van der Waals surface area contributed by atoms with Gasteiger partial charge in [0.05, 0.1) is 22.9 Å². The summed E-state index contributed by atoms with van der Waals surface area (Å²) in [6.07, 6.45) is 3.57. The Morgan fingerprint density at radius 1 is 0.941 bits per heavy atom. The van der Waals surface area contributed by atoms with E-state index in [2.05, 4.69) is 26.3 Å². The van der Waals surface area contributed by atoms with Crippen LogP contribution in [0.4, 0.5) is 11.4 Å². The molecule has 0 radical (unpaired) electrons. The third kappa shape index (κ3) is 9.55. The number of aromatic nitrogens is 1. The standard InChI is InChI=1S/C37H39N7O6S/c38-30(18-28-21-51-22-41-28)36(48)40-15-2-1-14-39-34(46)25-4-3-5-27(16-25)42-35(47)24-8-6-23(7-9-24)19-44(29-11-12-29)37(49)26-10-13-31-32(17-26)50-20-33(45)43-31/h3-10,13,16-17,21-22,29-30H,1-2,11-12,14-15,18-20,38H2,(H,39,46)(H,40,48)(H,42,47)(H,43,45). The first-order chi connectivity index (χ1) is 24.7. The number of nitrogens with zero attached hydrogens (tertiary/aromatic N) is 2. The summed E-state index contributed by atoms with van der Waals surface area (Å²) in [4.78, 5) is 69.1. The van der Waals surface area contributed by atoms with E-state index in [0.29, 0.717) is 72.7 Å². The van der Waals surface area contributed by atoms with Crippen LogP contribution in [0.15, 0.2) is 77.6 Å². The van der Waals surface area contributed by atoms with Crippen molar-refractivity contribution in [1.29, 1.82) is 0 Å². The lowest BCUT2D eigenvalue weighted by Crippen LogP contribution is -2.42. The number of rotatable bonds is 15. The molecule has 6 N–H and O–H groups in total. The average Bonchev–Trinajstić information content (AvgIpc) is 3.86. The van der Waals surface area contributed by atoms with Crippen molar-refractivity contribution in [2.75, 3.05) is 30.3 Å². The van der Waals surface area contributed by atoms with Crippen LogP contribution in [-0.4, -0.2) is 71.2 Å². The summed E-state index contributed by atoms with van der Waals surface area (Å²) in [6, 6.07) is 18.3. The summed E-state index contributed by atoms with van der Waals surface area (Å²) >= 11 is 1.46. The maximum absolute atomic E-state index is 13.5. The fourth-order valence-corrected chi connectivity index (χ4v) is 6.15. The van der Waals surface area contributed by atoms with E-state index in [1.807, 2.05) is 22.4 Å². The molecule has 1 saturated carbocycles. The van der Waals surface area contributed by atoms with E-state index in [9.17, 15) is 24.0 Å². The molecule has 1 unspecified atom stereocenters. The Kier molecular flexibility index (Phi) is 11.3. The molecule has 2 aliphatic rings. The number of benzene rings is 3. The maximum Gasteiger partial charge on any atom is 0.262 e. The van der Waals surface area contributed by atoms with Crippen molar-refractivity contribution in [3.8, 4) is 5.75 Å². The number of fused-ring (bicyclic) bond motifs is 1. The first kappa shape index (κ1) is 35.2. The Morgan fingerprint density at radius 3 is 2.45 bits per heavy atom. The molecule has 3 aromatic carbocycles. The van der Waals surface area contributed by atoms with E-state index in [1.54, 1.807) is 60.1 Å². The van der Waals surface area contributed by atoms with Crippen molar-refractivity contribution in [3.63, 3.8) is 0 Å². The van der Waals surface area contributed by atoms with E-state index in [0.717, 1.165) is 24.1 Å². The van der Waals surface area contributed by atoms with Gasteiger partial charge in [-0.2, -0.15) is 0 Å². The predicted octanol–water partition coefficient (Wildman–Crippen LogP) is 3.73. The van der Waals surface area contributed by atoms with Crippen LogP contribution in [0.3, 0.4) is 0 Å². The molecule has 6 rings (SSSR count). The summed E-state index contributed by atoms with van der Waals surface area (Å²) in [5.74, 6) is -0.718. The van der Waals surface area contributed by atoms with Crippen LogP contribution in [-0.2, 0) is 22.6 Å². The Labute approximate surface area is 299 Å².